The topological polar surface area (TPSA) is 12.0 Å². The van der Waals surface area contributed by atoms with E-state index < -0.39 is 0 Å². The lowest BCUT2D eigenvalue weighted by Crippen LogP contribution is -2.29. The highest BCUT2D eigenvalue weighted by Gasteiger charge is 2.30. The molecule has 1 unspecified atom stereocenters. The van der Waals surface area contributed by atoms with Crippen LogP contribution in [0.3, 0.4) is 0 Å². The van der Waals surface area contributed by atoms with E-state index in [2.05, 4.69) is 36.0 Å². The Balaban J connectivity index is 1.67. The predicted molar refractivity (Wildman–Crippen MR) is 67.4 cm³/mol. The molecule has 84 valence electrons. The second-order valence-electron chi connectivity index (χ2n) is 5.44. The first kappa shape index (κ1) is 11.2. The van der Waals surface area contributed by atoms with Crippen LogP contribution in [0.1, 0.15) is 38.7 Å². The highest BCUT2D eigenvalue weighted by atomic mass is 32.1. The third-order valence-corrected chi connectivity index (χ3v) is 4.13. The zero-order valence-corrected chi connectivity index (χ0v) is 10.6. The first-order valence-electron chi connectivity index (χ1n) is 5.90. The van der Waals surface area contributed by atoms with Crippen LogP contribution < -0.4 is 5.32 Å². The van der Waals surface area contributed by atoms with Crippen molar-refractivity contribution in [3.63, 3.8) is 0 Å². The molecule has 1 aliphatic carbocycles. The Morgan fingerprint density at radius 3 is 3.00 bits per heavy atom. The molecule has 1 saturated carbocycles. The van der Waals surface area contributed by atoms with Gasteiger partial charge in [-0.2, -0.15) is 11.3 Å². The second-order valence-corrected chi connectivity index (χ2v) is 6.22. The summed E-state index contributed by atoms with van der Waals surface area (Å²) < 4.78 is 0. The fourth-order valence-electron chi connectivity index (χ4n) is 2.47. The highest BCUT2D eigenvalue weighted by molar-refractivity contribution is 7.07. The van der Waals surface area contributed by atoms with Crippen LogP contribution in [0.4, 0.5) is 0 Å². The lowest BCUT2D eigenvalue weighted by atomic mass is 9.92. The molecule has 0 radical (unpaired) electrons. The van der Waals surface area contributed by atoms with Gasteiger partial charge >= 0.3 is 0 Å². The standard InChI is InChI=1S/C13H21NS/c1-13(2)6-3-12(9-13)14-7-4-11-5-8-15-10-11/h5,8,10,12,14H,3-4,6-7,9H2,1-2H3. The van der Waals surface area contributed by atoms with Gasteiger partial charge in [0.05, 0.1) is 0 Å². The Hall–Kier alpha value is -0.340. The van der Waals surface area contributed by atoms with Crippen molar-refractivity contribution in [2.45, 2.75) is 45.6 Å². The van der Waals surface area contributed by atoms with Crippen LogP contribution in [0.25, 0.3) is 0 Å². The van der Waals surface area contributed by atoms with Gasteiger partial charge in [0.2, 0.25) is 0 Å². The summed E-state index contributed by atoms with van der Waals surface area (Å²) in [5, 5.41) is 8.09. The summed E-state index contributed by atoms with van der Waals surface area (Å²) in [7, 11) is 0. The van der Waals surface area contributed by atoms with Crippen molar-refractivity contribution < 1.29 is 0 Å². The third-order valence-electron chi connectivity index (χ3n) is 3.40. The minimum Gasteiger partial charge on any atom is -0.314 e. The summed E-state index contributed by atoms with van der Waals surface area (Å²) in [5.74, 6) is 0. The van der Waals surface area contributed by atoms with Gasteiger partial charge in [0, 0.05) is 6.04 Å². The maximum Gasteiger partial charge on any atom is 0.00724 e. The molecule has 0 spiro atoms. The molecule has 15 heavy (non-hydrogen) atoms. The van der Waals surface area contributed by atoms with Crippen molar-refractivity contribution in [1.82, 2.24) is 5.32 Å². The van der Waals surface area contributed by atoms with Crippen LogP contribution in [0.15, 0.2) is 16.8 Å². The molecule has 1 nitrogen and oxygen atoms in total. The molecular weight excluding hydrogens is 202 g/mol. The largest absolute Gasteiger partial charge is 0.314 e. The third kappa shape index (κ3) is 3.32. The van der Waals surface area contributed by atoms with E-state index in [4.69, 9.17) is 0 Å². The van der Waals surface area contributed by atoms with Crippen LogP contribution >= 0.6 is 11.3 Å². The quantitative estimate of drug-likeness (QED) is 0.824. The number of rotatable bonds is 4. The molecule has 1 N–H and O–H groups in total. The van der Waals surface area contributed by atoms with E-state index in [1.54, 1.807) is 11.3 Å². The van der Waals surface area contributed by atoms with Crippen molar-refractivity contribution in [3.8, 4) is 0 Å². The van der Waals surface area contributed by atoms with E-state index in [1.165, 1.54) is 31.2 Å². The molecule has 1 aliphatic rings. The zero-order chi connectivity index (χ0) is 10.7. The summed E-state index contributed by atoms with van der Waals surface area (Å²) in [6.45, 7) is 5.90. The molecule has 1 fully saturated rings. The molecule has 2 rings (SSSR count). The van der Waals surface area contributed by atoms with Gasteiger partial charge in [-0.3, -0.25) is 0 Å². The van der Waals surface area contributed by atoms with Crippen LogP contribution in [0.2, 0.25) is 0 Å². The van der Waals surface area contributed by atoms with Gasteiger partial charge in [-0.25, -0.2) is 0 Å². The maximum absolute atomic E-state index is 3.68. The van der Waals surface area contributed by atoms with Gasteiger partial charge in [0.15, 0.2) is 0 Å². The SMILES string of the molecule is CC1(C)CCC(NCCc2ccsc2)C1. The first-order chi connectivity index (χ1) is 7.16. The lowest BCUT2D eigenvalue weighted by molar-refractivity contribution is 0.365. The highest BCUT2D eigenvalue weighted by Crippen LogP contribution is 2.36. The molecule has 1 atom stereocenters. The minimum atomic E-state index is 0.569. The number of hydrogen-bond acceptors (Lipinski definition) is 2. The molecule has 0 aromatic carbocycles. The van der Waals surface area contributed by atoms with Gasteiger partial charge in [-0.05, 0) is 60.0 Å². The van der Waals surface area contributed by atoms with Crippen molar-refractivity contribution in [3.05, 3.63) is 22.4 Å². The average molecular weight is 223 g/mol. The van der Waals surface area contributed by atoms with Crippen molar-refractivity contribution in [2.24, 2.45) is 5.41 Å². The summed E-state index contributed by atoms with van der Waals surface area (Å²) in [5.41, 5.74) is 2.05. The van der Waals surface area contributed by atoms with Crippen LogP contribution in [0, 0.1) is 5.41 Å². The minimum absolute atomic E-state index is 0.569. The average Bonchev–Trinajstić information content (AvgIpc) is 2.76. The van der Waals surface area contributed by atoms with E-state index >= 15 is 0 Å². The Labute approximate surface area is 96.9 Å². The summed E-state index contributed by atoms with van der Waals surface area (Å²) in [6.07, 6.45) is 5.26. The normalized spacial score (nSPS) is 24.5. The van der Waals surface area contributed by atoms with E-state index in [-0.39, 0.29) is 0 Å². The Kier molecular flexibility index (Phi) is 3.47. The summed E-state index contributed by atoms with van der Waals surface area (Å²) in [4.78, 5) is 0. The van der Waals surface area contributed by atoms with Gasteiger partial charge in [0.1, 0.15) is 0 Å². The van der Waals surface area contributed by atoms with Crippen LogP contribution in [0.5, 0.6) is 0 Å². The zero-order valence-electron chi connectivity index (χ0n) is 9.75. The molecule has 1 aromatic heterocycles. The second kappa shape index (κ2) is 4.67. The molecular formula is C13H21NS. The van der Waals surface area contributed by atoms with E-state index in [0.717, 1.165) is 12.6 Å². The smallest absolute Gasteiger partial charge is 0.00724 e. The van der Waals surface area contributed by atoms with Crippen molar-refractivity contribution >= 4 is 11.3 Å². The monoisotopic (exact) mass is 223 g/mol. The Morgan fingerprint density at radius 2 is 2.40 bits per heavy atom. The predicted octanol–water partition coefficient (Wildman–Crippen LogP) is 3.46. The van der Waals surface area contributed by atoms with E-state index in [0.29, 0.717) is 5.41 Å². The Morgan fingerprint density at radius 1 is 1.53 bits per heavy atom. The fourth-order valence-corrected chi connectivity index (χ4v) is 3.17. The molecule has 0 amide bonds. The van der Waals surface area contributed by atoms with Crippen molar-refractivity contribution in [1.29, 1.82) is 0 Å². The summed E-state index contributed by atoms with van der Waals surface area (Å²) >= 11 is 1.79. The first-order valence-corrected chi connectivity index (χ1v) is 6.84. The molecule has 1 aromatic rings. The Bertz CT molecular complexity index is 289. The summed E-state index contributed by atoms with van der Waals surface area (Å²) in [6, 6.07) is 2.99. The molecule has 0 bridgehead atoms. The van der Waals surface area contributed by atoms with E-state index in [9.17, 15) is 0 Å². The number of nitrogens with one attached hydrogen (secondary N) is 1. The maximum atomic E-state index is 3.68. The lowest BCUT2D eigenvalue weighted by Gasteiger charge is -2.17. The van der Waals surface area contributed by atoms with Crippen LogP contribution in [-0.4, -0.2) is 12.6 Å². The molecule has 0 saturated heterocycles. The van der Waals surface area contributed by atoms with Gasteiger partial charge in [-0.1, -0.05) is 13.8 Å². The molecule has 0 aliphatic heterocycles. The molecule has 1 heterocycles. The fraction of sp³-hybridized carbons (Fsp3) is 0.692. The molecule has 2 heteroatoms. The van der Waals surface area contributed by atoms with Crippen LogP contribution in [-0.2, 0) is 6.42 Å². The number of thiophene rings is 1. The van der Waals surface area contributed by atoms with Gasteiger partial charge in [0.25, 0.3) is 0 Å². The van der Waals surface area contributed by atoms with Gasteiger partial charge < -0.3 is 5.32 Å². The van der Waals surface area contributed by atoms with E-state index in [1.807, 2.05) is 0 Å². The van der Waals surface area contributed by atoms with Crippen molar-refractivity contribution in [2.75, 3.05) is 6.54 Å². The number of hydrogen-bond donors (Lipinski definition) is 1. The van der Waals surface area contributed by atoms with Gasteiger partial charge in [-0.15, -0.1) is 0 Å².